The van der Waals surface area contributed by atoms with Gasteiger partial charge in [0.2, 0.25) is 11.8 Å². The van der Waals surface area contributed by atoms with Crippen molar-refractivity contribution >= 4 is 17.5 Å². The number of nitrogens with one attached hydrogen (secondary N) is 1. The van der Waals surface area contributed by atoms with Crippen LogP contribution in [0.5, 0.6) is 0 Å². The van der Waals surface area contributed by atoms with Crippen LogP contribution >= 0.6 is 0 Å². The van der Waals surface area contributed by atoms with E-state index in [0.29, 0.717) is 19.0 Å². The van der Waals surface area contributed by atoms with E-state index >= 15 is 0 Å². The molecule has 2 amide bonds. The van der Waals surface area contributed by atoms with Crippen molar-refractivity contribution in [2.24, 2.45) is 5.92 Å². The van der Waals surface area contributed by atoms with Crippen LogP contribution < -0.4 is 10.2 Å². The van der Waals surface area contributed by atoms with Crippen molar-refractivity contribution in [1.82, 2.24) is 5.32 Å². The molecule has 2 aromatic carbocycles. The summed E-state index contributed by atoms with van der Waals surface area (Å²) in [7, 11) is 0. The van der Waals surface area contributed by atoms with Gasteiger partial charge < -0.3 is 10.2 Å². The fourth-order valence-corrected chi connectivity index (χ4v) is 3.42. The number of amides is 2. The van der Waals surface area contributed by atoms with Crippen LogP contribution in [-0.2, 0) is 16.1 Å². The Hall–Kier alpha value is -2.62. The highest BCUT2D eigenvalue weighted by Crippen LogP contribution is 2.33. The zero-order valence-electron chi connectivity index (χ0n) is 15.4. The van der Waals surface area contributed by atoms with Gasteiger partial charge in [-0.15, -0.1) is 0 Å². The SMILES string of the molecule is CCC(C)c1ccccc1N1CC(C(=O)NCc2ccccc2)CC1=O. The standard InChI is InChI=1S/C22H26N2O2/c1-3-16(2)19-11-7-8-12-20(19)24-15-18(13-21(24)25)22(26)23-14-17-9-5-4-6-10-17/h4-12,16,18H,3,13-15H2,1-2H3,(H,23,26). The smallest absolute Gasteiger partial charge is 0.227 e. The molecule has 1 saturated heterocycles. The highest BCUT2D eigenvalue weighted by Gasteiger charge is 2.36. The molecule has 2 atom stereocenters. The second kappa shape index (κ2) is 8.17. The number of carbonyl (C=O) groups excluding carboxylic acids is 2. The first-order chi connectivity index (χ1) is 12.6. The van der Waals surface area contributed by atoms with Crippen LogP contribution in [0, 0.1) is 5.92 Å². The predicted molar refractivity (Wildman–Crippen MR) is 104 cm³/mol. The summed E-state index contributed by atoms with van der Waals surface area (Å²) in [5.74, 6) is 0.0625. The third kappa shape index (κ3) is 3.96. The van der Waals surface area contributed by atoms with Crippen LogP contribution in [0.3, 0.4) is 0 Å². The molecule has 1 aliphatic heterocycles. The van der Waals surface area contributed by atoms with E-state index in [1.165, 1.54) is 5.56 Å². The molecule has 1 N–H and O–H groups in total. The molecular weight excluding hydrogens is 324 g/mol. The number of hydrogen-bond acceptors (Lipinski definition) is 2. The lowest BCUT2D eigenvalue weighted by Gasteiger charge is -2.23. The maximum absolute atomic E-state index is 12.6. The van der Waals surface area contributed by atoms with Gasteiger partial charge in [0.05, 0.1) is 5.92 Å². The molecule has 1 fully saturated rings. The molecule has 0 aliphatic carbocycles. The molecule has 4 nitrogen and oxygen atoms in total. The van der Waals surface area contributed by atoms with E-state index in [1.807, 2.05) is 48.5 Å². The average molecular weight is 350 g/mol. The summed E-state index contributed by atoms with van der Waals surface area (Å²) in [6, 6.07) is 17.9. The molecule has 26 heavy (non-hydrogen) atoms. The Kier molecular flexibility index (Phi) is 5.71. The van der Waals surface area contributed by atoms with Gasteiger partial charge >= 0.3 is 0 Å². The lowest BCUT2D eigenvalue weighted by Crippen LogP contribution is -2.32. The summed E-state index contributed by atoms with van der Waals surface area (Å²) in [5.41, 5.74) is 3.18. The van der Waals surface area contributed by atoms with Crippen LogP contribution in [0.25, 0.3) is 0 Å². The van der Waals surface area contributed by atoms with Crippen molar-refractivity contribution in [1.29, 1.82) is 0 Å². The first-order valence-electron chi connectivity index (χ1n) is 9.31. The van der Waals surface area contributed by atoms with Gasteiger partial charge in [-0.3, -0.25) is 9.59 Å². The Morgan fingerprint density at radius 2 is 1.85 bits per heavy atom. The van der Waals surface area contributed by atoms with Crippen LogP contribution in [0.15, 0.2) is 54.6 Å². The molecule has 0 radical (unpaired) electrons. The largest absolute Gasteiger partial charge is 0.352 e. The number of para-hydroxylation sites is 1. The molecule has 3 rings (SSSR count). The molecule has 2 aromatic rings. The fraction of sp³-hybridized carbons (Fsp3) is 0.364. The van der Waals surface area contributed by atoms with Gasteiger partial charge in [-0.1, -0.05) is 62.4 Å². The minimum absolute atomic E-state index is 0.0283. The summed E-state index contributed by atoms with van der Waals surface area (Å²) in [6.45, 7) is 5.26. The van der Waals surface area contributed by atoms with E-state index in [-0.39, 0.29) is 24.2 Å². The number of hydrogen-bond donors (Lipinski definition) is 1. The van der Waals surface area contributed by atoms with Crippen molar-refractivity contribution < 1.29 is 9.59 Å². The Morgan fingerprint density at radius 3 is 2.58 bits per heavy atom. The molecule has 1 heterocycles. The van der Waals surface area contributed by atoms with Crippen LogP contribution in [-0.4, -0.2) is 18.4 Å². The molecule has 1 aliphatic rings. The number of benzene rings is 2. The van der Waals surface area contributed by atoms with E-state index in [4.69, 9.17) is 0 Å². The zero-order valence-corrected chi connectivity index (χ0v) is 15.4. The molecule has 0 spiro atoms. The molecule has 0 aromatic heterocycles. The van der Waals surface area contributed by atoms with Gasteiger partial charge in [-0.05, 0) is 29.5 Å². The Balaban J connectivity index is 1.68. The zero-order chi connectivity index (χ0) is 18.5. The lowest BCUT2D eigenvalue weighted by molar-refractivity contribution is -0.126. The van der Waals surface area contributed by atoms with E-state index in [0.717, 1.165) is 17.7 Å². The molecular formula is C22H26N2O2. The van der Waals surface area contributed by atoms with Gasteiger partial charge in [0.15, 0.2) is 0 Å². The van der Waals surface area contributed by atoms with Crippen molar-refractivity contribution in [2.75, 3.05) is 11.4 Å². The minimum atomic E-state index is -0.295. The van der Waals surface area contributed by atoms with Gasteiger partial charge in [0.1, 0.15) is 0 Å². The molecule has 2 unspecified atom stereocenters. The summed E-state index contributed by atoms with van der Waals surface area (Å²) in [5, 5.41) is 2.96. The van der Waals surface area contributed by atoms with E-state index in [9.17, 15) is 9.59 Å². The summed E-state index contributed by atoms with van der Waals surface area (Å²) >= 11 is 0. The first kappa shape index (κ1) is 18.2. The third-order valence-electron chi connectivity index (χ3n) is 5.18. The normalized spacial score (nSPS) is 18.0. The summed E-state index contributed by atoms with van der Waals surface area (Å²) in [4.78, 5) is 26.9. The van der Waals surface area contributed by atoms with E-state index in [2.05, 4.69) is 25.2 Å². The highest BCUT2D eigenvalue weighted by molar-refractivity contribution is 6.00. The predicted octanol–water partition coefficient (Wildman–Crippen LogP) is 3.87. The number of carbonyl (C=O) groups is 2. The van der Waals surface area contributed by atoms with Crippen LogP contribution in [0.4, 0.5) is 5.69 Å². The third-order valence-corrected chi connectivity index (χ3v) is 5.18. The number of anilines is 1. The second-order valence-electron chi connectivity index (χ2n) is 6.98. The van der Waals surface area contributed by atoms with E-state index in [1.54, 1.807) is 4.90 Å². The lowest BCUT2D eigenvalue weighted by atomic mass is 9.96. The average Bonchev–Trinajstić information content (AvgIpc) is 3.08. The Bertz CT molecular complexity index is 773. The second-order valence-corrected chi connectivity index (χ2v) is 6.98. The van der Waals surface area contributed by atoms with Crippen molar-refractivity contribution in [3.05, 3.63) is 65.7 Å². The maximum atomic E-state index is 12.6. The quantitative estimate of drug-likeness (QED) is 0.860. The minimum Gasteiger partial charge on any atom is -0.352 e. The highest BCUT2D eigenvalue weighted by atomic mass is 16.2. The van der Waals surface area contributed by atoms with Gasteiger partial charge in [-0.2, -0.15) is 0 Å². The molecule has 0 bridgehead atoms. The van der Waals surface area contributed by atoms with E-state index < -0.39 is 0 Å². The van der Waals surface area contributed by atoms with Crippen molar-refractivity contribution in [3.63, 3.8) is 0 Å². The number of nitrogens with zero attached hydrogens (tertiary/aromatic N) is 1. The topological polar surface area (TPSA) is 49.4 Å². The Labute approximate surface area is 155 Å². The van der Waals surface area contributed by atoms with Crippen molar-refractivity contribution in [2.45, 2.75) is 39.2 Å². The van der Waals surface area contributed by atoms with Crippen molar-refractivity contribution in [3.8, 4) is 0 Å². The summed E-state index contributed by atoms with van der Waals surface area (Å²) < 4.78 is 0. The number of rotatable bonds is 6. The van der Waals surface area contributed by atoms with Gasteiger partial charge in [0, 0.05) is 25.2 Å². The fourth-order valence-electron chi connectivity index (χ4n) is 3.42. The first-order valence-corrected chi connectivity index (χ1v) is 9.31. The van der Waals surface area contributed by atoms with Crippen LogP contribution in [0.1, 0.15) is 43.7 Å². The summed E-state index contributed by atoms with van der Waals surface area (Å²) in [6.07, 6.45) is 1.29. The van der Waals surface area contributed by atoms with Crippen LogP contribution in [0.2, 0.25) is 0 Å². The Morgan fingerprint density at radius 1 is 1.15 bits per heavy atom. The monoisotopic (exact) mass is 350 g/mol. The molecule has 136 valence electrons. The molecule has 4 heteroatoms. The maximum Gasteiger partial charge on any atom is 0.227 e. The molecule has 0 saturated carbocycles. The van der Waals surface area contributed by atoms with Gasteiger partial charge in [0.25, 0.3) is 0 Å². The van der Waals surface area contributed by atoms with Gasteiger partial charge in [-0.25, -0.2) is 0 Å².